The molecule has 12 atom stereocenters. The zero-order valence-corrected chi connectivity index (χ0v) is 33.0. The summed E-state index contributed by atoms with van der Waals surface area (Å²) in [6, 6.07) is 10.1. The Labute approximate surface area is 302 Å². The van der Waals surface area contributed by atoms with E-state index >= 15 is 0 Å². The Morgan fingerprint density at radius 3 is 2.26 bits per heavy atom. The van der Waals surface area contributed by atoms with Gasteiger partial charge in [0, 0.05) is 23.9 Å². The third-order valence-corrected chi connectivity index (χ3v) is 15.9. The molecule has 0 spiro atoms. The van der Waals surface area contributed by atoms with E-state index in [2.05, 4.69) is 54.5 Å². The zero-order valence-electron chi connectivity index (χ0n) is 33.0. The molecule has 0 aromatic heterocycles. The van der Waals surface area contributed by atoms with Crippen LogP contribution in [0.4, 0.5) is 0 Å². The molecule has 6 heteroatoms. The van der Waals surface area contributed by atoms with Gasteiger partial charge in [-0.3, -0.25) is 9.59 Å². The van der Waals surface area contributed by atoms with Gasteiger partial charge in [0.15, 0.2) is 5.78 Å². The Balaban J connectivity index is 1.38. The van der Waals surface area contributed by atoms with E-state index < -0.39 is 6.10 Å². The van der Waals surface area contributed by atoms with E-state index in [9.17, 15) is 9.59 Å². The molecular formula is C44H66O6. The lowest BCUT2D eigenvalue weighted by atomic mass is 9.34. The summed E-state index contributed by atoms with van der Waals surface area (Å²) in [6.45, 7) is 24.1. The van der Waals surface area contributed by atoms with Gasteiger partial charge in [0.2, 0.25) is 0 Å². The van der Waals surface area contributed by atoms with Crippen LogP contribution in [0.1, 0.15) is 113 Å². The maximum absolute atomic E-state index is 14.7. The lowest BCUT2D eigenvalue weighted by Crippen LogP contribution is -2.70. The highest BCUT2D eigenvalue weighted by Crippen LogP contribution is 2.75. The minimum atomic E-state index is -0.489. The topological polar surface area (TPSA) is 71.1 Å². The van der Waals surface area contributed by atoms with Crippen molar-refractivity contribution < 1.29 is 28.5 Å². The summed E-state index contributed by atoms with van der Waals surface area (Å²) in [5.74, 6) is 1.36. The van der Waals surface area contributed by atoms with E-state index in [4.69, 9.17) is 18.9 Å². The Bertz CT molecular complexity index is 1450. The largest absolute Gasteiger partial charge is 0.461 e. The first-order valence-electron chi connectivity index (χ1n) is 19.7. The normalized spacial score (nSPS) is 42.1. The van der Waals surface area contributed by atoms with Crippen LogP contribution in [0.25, 0.3) is 0 Å². The third kappa shape index (κ3) is 5.59. The van der Waals surface area contributed by atoms with Gasteiger partial charge in [0.05, 0.1) is 31.3 Å². The van der Waals surface area contributed by atoms with E-state index in [0.717, 1.165) is 44.1 Å². The number of hydrogen-bond donors (Lipinski definition) is 0. The second-order valence-corrected chi connectivity index (χ2v) is 18.8. The van der Waals surface area contributed by atoms with Crippen LogP contribution in [0.2, 0.25) is 0 Å². The third-order valence-electron chi connectivity index (χ3n) is 15.9. The highest BCUT2D eigenvalue weighted by Gasteiger charge is 2.72. The fraction of sp³-hybridized carbons (Fsp3) is 0.773. The standard InChI is InChI=1S/C44H66O6/c1-27(2)29(5)40(7)21-22-42(9)32-17-18-35-41(8)25-48-26-44(35,23-34(47-11)38(41)50-30(6)36(45)28(3)4)33(32)19-20-43(42,10)37(40)39(46)49-24-31-15-13-12-14-16-31/h12-16,19,27-30,32,34-35,37-38H,17-18,20-26H2,1-11H3/t29-,30?,32+,34-,35+,37-,38+,40-,41?,42-,43+,44+/m1/s1. The van der Waals surface area contributed by atoms with Crippen molar-refractivity contribution in [2.75, 3.05) is 20.3 Å². The van der Waals surface area contributed by atoms with Crippen LogP contribution >= 0.6 is 0 Å². The summed E-state index contributed by atoms with van der Waals surface area (Å²) in [4.78, 5) is 27.7. The monoisotopic (exact) mass is 690 g/mol. The average molecular weight is 691 g/mol. The smallest absolute Gasteiger partial charge is 0.310 e. The fourth-order valence-corrected chi connectivity index (χ4v) is 12.6. The number of benzene rings is 1. The lowest BCUT2D eigenvalue weighted by Gasteiger charge is -2.71. The van der Waals surface area contributed by atoms with Gasteiger partial charge in [-0.2, -0.15) is 0 Å². The molecule has 1 aliphatic heterocycles. The van der Waals surface area contributed by atoms with Gasteiger partial charge < -0.3 is 18.9 Å². The highest BCUT2D eigenvalue weighted by molar-refractivity contribution is 5.84. The van der Waals surface area contributed by atoms with Crippen molar-refractivity contribution >= 4 is 11.8 Å². The van der Waals surface area contributed by atoms with Crippen LogP contribution in [0.15, 0.2) is 42.0 Å². The second-order valence-electron chi connectivity index (χ2n) is 18.8. The predicted molar refractivity (Wildman–Crippen MR) is 197 cm³/mol. The number of carbonyl (C=O) groups excluding carboxylic acids is 2. The van der Waals surface area contributed by atoms with Crippen LogP contribution in [0.3, 0.4) is 0 Å². The molecule has 278 valence electrons. The van der Waals surface area contributed by atoms with Gasteiger partial charge in [0.1, 0.15) is 12.7 Å². The number of ketones is 1. The summed E-state index contributed by atoms with van der Waals surface area (Å²) in [5, 5.41) is 0. The predicted octanol–water partition coefficient (Wildman–Crippen LogP) is 9.25. The van der Waals surface area contributed by atoms with Gasteiger partial charge in [0.25, 0.3) is 0 Å². The first-order valence-corrected chi connectivity index (χ1v) is 19.7. The Hall–Kier alpha value is -2.02. The van der Waals surface area contributed by atoms with Crippen LogP contribution in [0, 0.1) is 62.6 Å². The average Bonchev–Trinajstić information content (AvgIpc) is 3.08. The van der Waals surface area contributed by atoms with Crippen molar-refractivity contribution in [2.45, 2.75) is 133 Å². The molecule has 2 unspecified atom stereocenters. The number of allylic oxidation sites excluding steroid dienone is 1. The molecule has 5 aliphatic rings. The lowest BCUT2D eigenvalue weighted by molar-refractivity contribution is -0.272. The van der Waals surface area contributed by atoms with Gasteiger partial charge in [-0.25, -0.2) is 0 Å². The first-order chi connectivity index (χ1) is 23.5. The minimum Gasteiger partial charge on any atom is -0.461 e. The molecule has 0 amide bonds. The molecular weight excluding hydrogens is 624 g/mol. The van der Waals surface area contributed by atoms with E-state index in [1.54, 1.807) is 5.57 Å². The van der Waals surface area contributed by atoms with Crippen molar-refractivity contribution in [1.29, 1.82) is 0 Å². The molecule has 6 rings (SSSR count). The zero-order chi connectivity index (χ0) is 36.4. The number of Topliss-reactive ketones (excluding diaryl/α,β-unsaturated/α-hetero) is 1. The summed E-state index contributed by atoms with van der Waals surface area (Å²) in [6.07, 6.45) is 7.68. The SMILES string of the molecule is CO[C@@H]1C[C@@]23COCC(C)([C@H]1OC(C)C(=O)C(C)C)[C@@H]2CC[C@H]1C3=CC[C@@]2(C)[C@H](C(=O)OCc3ccccc3)[C@@](C)([C@H](C)C(C)C)CC[C@]12C. The maximum atomic E-state index is 14.7. The van der Waals surface area contributed by atoms with Gasteiger partial charge >= 0.3 is 5.97 Å². The summed E-state index contributed by atoms with van der Waals surface area (Å²) in [7, 11) is 1.81. The first kappa shape index (κ1) is 37.7. The van der Waals surface area contributed by atoms with Crippen LogP contribution < -0.4 is 0 Å². The molecule has 1 saturated heterocycles. The molecule has 50 heavy (non-hydrogen) atoms. The molecule has 1 aromatic rings. The van der Waals surface area contributed by atoms with Crippen molar-refractivity contribution in [3.63, 3.8) is 0 Å². The number of carbonyl (C=O) groups is 2. The molecule has 0 radical (unpaired) electrons. The van der Waals surface area contributed by atoms with Crippen LogP contribution in [-0.4, -0.2) is 50.4 Å². The van der Waals surface area contributed by atoms with Crippen molar-refractivity contribution in [1.82, 2.24) is 0 Å². The number of hydrogen-bond acceptors (Lipinski definition) is 6. The molecule has 3 saturated carbocycles. The van der Waals surface area contributed by atoms with Crippen molar-refractivity contribution in [3.8, 4) is 0 Å². The summed E-state index contributed by atoms with van der Waals surface area (Å²) >= 11 is 0. The van der Waals surface area contributed by atoms with Crippen LogP contribution in [0.5, 0.6) is 0 Å². The van der Waals surface area contributed by atoms with Gasteiger partial charge in [-0.05, 0) is 90.9 Å². The minimum absolute atomic E-state index is 0.0308. The molecule has 6 nitrogen and oxygen atoms in total. The van der Waals surface area contributed by atoms with Crippen molar-refractivity contribution in [3.05, 3.63) is 47.5 Å². The summed E-state index contributed by atoms with van der Waals surface area (Å²) in [5.41, 5.74) is 1.63. The number of esters is 1. The maximum Gasteiger partial charge on any atom is 0.310 e. The van der Waals surface area contributed by atoms with Gasteiger partial charge in [-0.15, -0.1) is 0 Å². The number of methoxy groups -OCH3 is 1. The molecule has 0 N–H and O–H groups in total. The Morgan fingerprint density at radius 2 is 1.62 bits per heavy atom. The molecule has 1 aromatic carbocycles. The number of rotatable bonds is 10. The Kier molecular flexibility index (Phi) is 10.1. The summed E-state index contributed by atoms with van der Waals surface area (Å²) < 4.78 is 26.0. The van der Waals surface area contributed by atoms with E-state index in [-0.39, 0.29) is 62.9 Å². The second kappa shape index (κ2) is 13.4. The quantitative estimate of drug-likeness (QED) is 0.180. The van der Waals surface area contributed by atoms with Gasteiger partial charge in [-0.1, -0.05) is 104 Å². The van der Waals surface area contributed by atoms with Crippen LogP contribution in [-0.2, 0) is 35.1 Å². The fourth-order valence-electron chi connectivity index (χ4n) is 12.6. The van der Waals surface area contributed by atoms with Crippen molar-refractivity contribution in [2.24, 2.45) is 62.6 Å². The molecule has 4 fully saturated rings. The number of fused-ring (bicyclic) bond motifs is 3. The van der Waals surface area contributed by atoms with E-state index in [0.29, 0.717) is 43.5 Å². The van der Waals surface area contributed by atoms with E-state index in [1.165, 1.54) is 0 Å². The molecule has 4 aliphatic carbocycles. The Morgan fingerprint density at radius 1 is 0.920 bits per heavy atom. The number of ether oxygens (including phenoxy) is 4. The molecule has 1 heterocycles. The molecule has 2 bridgehead atoms. The highest BCUT2D eigenvalue weighted by atomic mass is 16.6. The van der Waals surface area contributed by atoms with E-state index in [1.807, 2.05) is 58.2 Å².